The molecule has 0 saturated carbocycles. The molecule has 4 nitrogen and oxygen atoms in total. The number of para-hydroxylation sites is 1. The molecule has 100 valence electrons. The average Bonchev–Trinajstić information content (AvgIpc) is 2.94. The molecule has 4 heteroatoms. The minimum Gasteiger partial charge on any atom is -0.326 e. The molecular formula is C16H16N4. The molecule has 0 amide bonds. The van der Waals surface area contributed by atoms with Gasteiger partial charge in [-0.05, 0) is 36.2 Å². The molecule has 2 aromatic heterocycles. The van der Waals surface area contributed by atoms with Crippen LogP contribution in [0.15, 0.2) is 67.3 Å². The highest BCUT2D eigenvalue weighted by Gasteiger charge is 2.03. The molecule has 0 spiro atoms. The number of nitrogens with zero attached hydrogens (tertiary/aromatic N) is 3. The molecule has 1 aromatic carbocycles. The van der Waals surface area contributed by atoms with E-state index >= 15 is 0 Å². The summed E-state index contributed by atoms with van der Waals surface area (Å²) in [7, 11) is 0. The lowest BCUT2D eigenvalue weighted by Crippen LogP contribution is -2.05. The maximum absolute atomic E-state index is 4.36. The van der Waals surface area contributed by atoms with Crippen molar-refractivity contribution in [3.63, 3.8) is 0 Å². The van der Waals surface area contributed by atoms with Crippen LogP contribution in [-0.4, -0.2) is 14.5 Å². The van der Waals surface area contributed by atoms with Gasteiger partial charge in [-0.3, -0.25) is 4.98 Å². The van der Waals surface area contributed by atoms with Crippen molar-refractivity contribution in [2.24, 2.45) is 0 Å². The van der Waals surface area contributed by atoms with Crippen molar-refractivity contribution in [1.29, 1.82) is 0 Å². The Labute approximate surface area is 118 Å². The molecule has 0 radical (unpaired) electrons. The lowest BCUT2D eigenvalue weighted by Gasteiger charge is -2.09. The first-order chi connectivity index (χ1) is 9.92. The van der Waals surface area contributed by atoms with E-state index in [1.54, 1.807) is 0 Å². The van der Waals surface area contributed by atoms with Crippen LogP contribution >= 0.6 is 0 Å². The first-order valence-electron chi connectivity index (χ1n) is 6.64. The third kappa shape index (κ3) is 3.03. The summed E-state index contributed by atoms with van der Waals surface area (Å²) in [5, 5.41) is 3.33. The second-order valence-corrected chi connectivity index (χ2v) is 4.54. The van der Waals surface area contributed by atoms with Gasteiger partial charge >= 0.3 is 0 Å². The second kappa shape index (κ2) is 6.02. The van der Waals surface area contributed by atoms with E-state index in [0.29, 0.717) is 0 Å². The summed E-state index contributed by atoms with van der Waals surface area (Å²) < 4.78 is 2.12. The van der Waals surface area contributed by atoms with Crippen molar-refractivity contribution in [1.82, 2.24) is 14.5 Å². The van der Waals surface area contributed by atoms with Crippen molar-refractivity contribution in [3.8, 4) is 0 Å². The number of imidazole rings is 1. The third-order valence-electron chi connectivity index (χ3n) is 3.14. The minimum atomic E-state index is 0.866. The van der Waals surface area contributed by atoms with E-state index in [1.165, 1.54) is 5.56 Å². The Morgan fingerprint density at radius 1 is 0.950 bits per heavy atom. The van der Waals surface area contributed by atoms with E-state index in [-0.39, 0.29) is 0 Å². The Balaban J connectivity index is 1.68. The van der Waals surface area contributed by atoms with Gasteiger partial charge in [0.05, 0.1) is 0 Å². The zero-order valence-electron chi connectivity index (χ0n) is 11.1. The Kier molecular flexibility index (Phi) is 3.73. The fourth-order valence-corrected chi connectivity index (χ4v) is 2.06. The number of hydrogen-bond donors (Lipinski definition) is 1. The highest BCUT2D eigenvalue weighted by Crippen LogP contribution is 2.14. The van der Waals surface area contributed by atoms with Gasteiger partial charge in [-0.2, -0.15) is 0 Å². The summed E-state index contributed by atoms with van der Waals surface area (Å²) in [6.07, 6.45) is 8.42. The van der Waals surface area contributed by atoms with E-state index in [9.17, 15) is 0 Å². The number of rotatable bonds is 5. The predicted molar refractivity (Wildman–Crippen MR) is 79.9 cm³/mol. The number of pyridine rings is 1. The van der Waals surface area contributed by atoms with Gasteiger partial charge < -0.3 is 9.88 Å². The Hall–Kier alpha value is -2.62. The molecule has 3 aromatic rings. The van der Waals surface area contributed by atoms with Crippen LogP contribution in [0.3, 0.4) is 0 Å². The molecule has 2 heterocycles. The van der Waals surface area contributed by atoms with Crippen LogP contribution in [-0.2, 0) is 13.0 Å². The van der Waals surface area contributed by atoms with E-state index in [4.69, 9.17) is 0 Å². The van der Waals surface area contributed by atoms with Crippen LogP contribution in [0.1, 0.15) is 5.56 Å². The van der Waals surface area contributed by atoms with Crippen molar-refractivity contribution in [2.45, 2.75) is 13.0 Å². The monoisotopic (exact) mass is 264 g/mol. The van der Waals surface area contributed by atoms with Gasteiger partial charge in [-0.15, -0.1) is 0 Å². The van der Waals surface area contributed by atoms with Gasteiger partial charge in [-0.25, -0.2) is 4.98 Å². The number of aromatic nitrogens is 3. The van der Waals surface area contributed by atoms with Gasteiger partial charge in [-0.1, -0.05) is 18.2 Å². The van der Waals surface area contributed by atoms with Crippen molar-refractivity contribution < 1.29 is 0 Å². The van der Waals surface area contributed by atoms with Gasteiger partial charge in [0.15, 0.2) is 0 Å². The molecule has 0 saturated heterocycles. The standard InChI is InChI=1S/C16H16N4/c1-2-4-15(5-3-1)19-16-18-11-13-20(16)12-8-14-6-9-17-10-7-14/h1-7,9-11,13H,8,12H2,(H,18,19). The molecule has 20 heavy (non-hydrogen) atoms. The number of nitrogens with one attached hydrogen (secondary N) is 1. The third-order valence-corrected chi connectivity index (χ3v) is 3.14. The highest BCUT2D eigenvalue weighted by molar-refractivity contribution is 5.53. The fourth-order valence-electron chi connectivity index (χ4n) is 2.06. The molecule has 0 atom stereocenters. The minimum absolute atomic E-state index is 0.866. The molecule has 0 fully saturated rings. The summed E-state index contributed by atoms with van der Waals surface area (Å²) >= 11 is 0. The number of hydrogen-bond acceptors (Lipinski definition) is 3. The normalized spacial score (nSPS) is 10.4. The molecular weight excluding hydrogens is 248 g/mol. The van der Waals surface area contributed by atoms with Crippen LogP contribution in [0.5, 0.6) is 0 Å². The van der Waals surface area contributed by atoms with Crippen LogP contribution < -0.4 is 5.32 Å². The van der Waals surface area contributed by atoms with Crippen LogP contribution in [0.4, 0.5) is 11.6 Å². The lowest BCUT2D eigenvalue weighted by atomic mass is 10.2. The zero-order valence-corrected chi connectivity index (χ0v) is 11.1. The smallest absolute Gasteiger partial charge is 0.207 e. The quantitative estimate of drug-likeness (QED) is 0.769. The molecule has 1 N–H and O–H groups in total. The first-order valence-corrected chi connectivity index (χ1v) is 6.64. The molecule has 0 aliphatic carbocycles. The topological polar surface area (TPSA) is 42.7 Å². The molecule has 0 unspecified atom stereocenters. The van der Waals surface area contributed by atoms with Gasteiger partial charge in [0, 0.05) is 37.0 Å². The maximum Gasteiger partial charge on any atom is 0.207 e. The lowest BCUT2D eigenvalue weighted by molar-refractivity contribution is 0.703. The maximum atomic E-state index is 4.36. The van der Waals surface area contributed by atoms with Crippen LogP contribution in [0.25, 0.3) is 0 Å². The summed E-state index contributed by atoms with van der Waals surface area (Å²) in [4.78, 5) is 8.40. The Morgan fingerprint density at radius 2 is 1.75 bits per heavy atom. The summed E-state index contributed by atoms with van der Waals surface area (Å²) in [5.74, 6) is 0.866. The molecule has 0 aliphatic rings. The summed E-state index contributed by atoms with van der Waals surface area (Å²) in [5.41, 5.74) is 2.32. The Bertz CT molecular complexity index is 647. The SMILES string of the molecule is c1ccc(Nc2nccn2CCc2ccncc2)cc1. The average molecular weight is 264 g/mol. The van der Waals surface area contributed by atoms with Gasteiger partial charge in [0.25, 0.3) is 0 Å². The predicted octanol–water partition coefficient (Wildman–Crippen LogP) is 3.26. The summed E-state index contributed by atoms with van der Waals surface area (Å²) in [6.45, 7) is 0.888. The van der Waals surface area contributed by atoms with Crippen molar-refractivity contribution in [3.05, 3.63) is 72.8 Å². The number of aryl methyl sites for hydroxylation is 2. The zero-order chi connectivity index (χ0) is 13.6. The molecule has 0 aliphatic heterocycles. The van der Waals surface area contributed by atoms with Crippen LogP contribution in [0, 0.1) is 0 Å². The highest BCUT2D eigenvalue weighted by atomic mass is 15.2. The summed E-state index contributed by atoms with van der Waals surface area (Å²) in [6, 6.07) is 14.2. The largest absolute Gasteiger partial charge is 0.326 e. The Morgan fingerprint density at radius 3 is 2.55 bits per heavy atom. The van der Waals surface area contributed by atoms with Gasteiger partial charge in [0.1, 0.15) is 0 Å². The van der Waals surface area contributed by atoms with E-state index in [1.807, 2.05) is 67.3 Å². The van der Waals surface area contributed by atoms with Crippen LogP contribution in [0.2, 0.25) is 0 Å². The van der Waals surface area contributed by atoms with Crippen molar-refractivity contribution in [2.75, 3.05) is 5.32 Å². The number of benzene rings is 1. The fraction of sp³-hybridized carbons (Fsp3) is 0.125. The van der Waals surface area contributed by atoms with Crippen molar-refractivity contribution >= 4 is 11.6 Å². The van der Waals surface area contributed by atoms with Gasteiger partial charge in [0.2, 0.25) is 5.95 Å². The van der Waals surface area contributed by atoms with E-state index in [2.05, 4.69) is 19.9 Å². The number of anilines is 2. The van der Waals surface area contributed by atoms with E-state index in [0.717, 1.165) is 24.6 Å². The first kappa shape index (κ1) is 12.4. The molecule has 3 rings (SSSR count). The molecule has 0 bridgehead atoms. The van der Waals surface area contributed by atoms with E-state index < -0.39 is 0 Å². The second-order valence-electron chi connectivity index (χ2n) is 4.54.